The topological polar surface area (TPSA) is 49.4 Å². The predicted molar refractivity (Wildman–Crippen MR) is 73.1 cm³/mol. The minimum absolute atomic E-state index is 0.0314. The van der Waals surface area contributed by atoms with Crippen LogP contribution in [0.5, 0.6) is 0 Å². The summed E-state index contributed by atoms with van der Waals surface area (Å²) < 4.78 is 0.762. The second-order valence-corrected chi connectivity index (χ2v) is 6.25. The van der Waals surface area contributed by atoms with E-state index in [4.69, 9.17) is 0 Å². The quantitative estimate of drug-likeness (QED) is 0.858. The summed E-state index contributed by atoms with van der Waals surface area (Å²) in [6.45, 7) is 5.52. The molecule has 18 heavy (non-hydrogen) atoms. The molecule has 0 aromatic carbocycles. The fourth-order valence-electron chi connectivity index (χ4n) is 2.31. The van der Waals surface area contributed by atoms with Crippen molar-refractivity contribution in [1.29, 1.82) is 0 Å². The number of likely N-dealkylation sites (tertiary alicyclic amines) is 1. The molecule has 1 N–H and O–H groups in total. The zero-order valence-electron chi connectivity index (χ0n) is 10.5. The Balaban J connectivity index is 1.83. The minimum Gasteiger partial charge on any atom is -0.351 e. The zero-order chi connectivity index (χ0) is 13.1. The number of piperidine rings is 1. The molecule has 2 fully saturated rings. The van der Waals surface area contributed by atoms with Crippen LogP contribution in [-0.4, -0.2) is 36.3 Å². The Morgan fingerprint density at radius 3 is 2.61 bits per heavy atom. The van der Waals surface area contributed by atoms with Crippen LogP contribution in [0.1, 0.15) is 25.7 Å². The average molecular weight is 315 g/mol. The first-order valence-electron chi connectivity index (χ1n) is 6.47. The van der Waals surface area contributed by atoms with Crippen LogP contribution in [-0.2, 0) is 9.59 Å². The molecule has 5 heteroatoms. The van der Waals surface area contributed by atoms with Gasteiger partial charge in [0.25, 0.3) is 0 Å². The van der Waals surface area contributed by atoms with Crippen molar-refractivity contribution in [2.75, 3.05) is 19.6 Å². The van der Waals surface area contributed by atoms with Crippen molar-refractivity contribution in [3.8, 4) is 0 Å². The molecule has 0 spiro atoms. The predicted octanol–water partition coefficient (Wildman–Crippen LogP) is 1.66. The number of carbonyl (C=O) groups excluding carboxylic acids is 2. The van der Waals surface area contributed by atoms with Crippen LogP contribution in [0.3, 0.4) is 0 Å². The third-order valence-corrected chi connectivity index (χ3v) is 3.77. The highest BCUT2D eigenvalue weighted by atomic mass is 79.9. The molecule has 0 bridgehead atoms. The van der Waals surface area contributed by atoms with Gasteiger partial charge in [-0.1, -0.05) is 22.5 Å². The molecule has 1 atom stereocenters. The Hall–Kier alpha value is -0.840. The van der Waals surface area contributed by atoms with Gasteiger partial charge in [-0.3, -0.25) is 9.59 Å². The van der Waals surface area contributed by atoms with Crippen molar-refractivity contribution in [3.05, 3.63) is 11.1 Å². The van der Waals surface area contributed by atoms with Gasteiger partial charge in [-0.2, -0.15) is 0 Å². The van der Waals surface area contributed by atoms with Gasteiger partial charge in [0.2, 0.25) is 11.8 Å². The van der Waals surface area contributed by atoms with E-state index in [2.05, 4.69) is 27.8 Å². The molecule has 0 radical (unpaired) electrons. The van der Waals surface area contributed by atoms with Crippen LogP contribution < -0.4 is 5.32 Å². The van der Waals surface area contributed by atoms with E-state index in [1.165, 1.54) is 0 Å². The van der Waals surface area contributed by atoms with Gasteiger partial charge in [-0.05, 0) is 25.7 Å². The van der Waals surface area contributed by atoms with Crippen LogP contribution in [0.4, 0.5) is 0 Å². The summed E-state index contributed by atoms with van der Waals surface area (Å²) in [5.41, 5.74) is 0. The van der Waals surface area contributed by atoms with Gasteiger partial charge in [0.05, 0.1) is 5.92 Å². The highest BCUT2D eigenvalue weighted by molar-refractivity contribution is 9.11. The van der Waals surface area contributed by atoms with Gasteiger partial charge in [0, 0.05) is 30.0 Å². The lowest BCUT2D eigenvalue weighted by Crippen LogP contribution is -2.46. The van der Waals surface area contributed by atoms with Gasteiger partial charge in [0.15, 0.2) is 0 Å². The van der Waals surface area contributed by atoms with Crippen molar-refractivity contribution < 1.29 is 9.59 Å². The van der Waals surface area contributed by atoms with E-state index in [0.717, 1.165) is 36.7 Å². The Labute approximate surface area is 116 Å². The van der Waals surface area contributed by atoms with Crippen molar-refractivity contribution >= 4 is 27.7 Å². The number of nitrogens with one attached hydrogen (secondary N) is 1. The van der Waals surface area contributed by atoms with Crippen LogP contribution >= 0.6 is 15.9 Å². The smallest absolute Gasteiger partial charge is 0.225 e. The van der Waals surface area contributed by atoms with Gasteiger partial charge >= 0.3 is 0 Å². The standard InChI is InChI=1S/C13H19BrN2O2/c1-9(14)7-15-12(17)11-3-2-6-16(8-11)13(18)10-4-5-10/h10-11H,1-8H2,(H,15,17). The van der Waals surface area contributed by atoms with Crippen LogP contribution in [0.2, 0.25) is 0 Å². The van der Waals surface area contributed by atoms with E-state index in [1.54, 1.807) is 0 Å². The van der Waals surface area contributed by atoms with Crippen LogP contribution in [0.15, 0.2) is 11.1 Å². The van der Waals surface area contributed by atoms with Gasteiger partial charge in [0.1, 0.15) is 0 Å². The summed E-state index contributed by atoms with van der Waals surface area (Å²) >= 11 is 3.22. The Bertz CT molecular complexity index is 366. The fraction of sp³-hybridized carbons (Fsp3) is 0.692. The summed E-state index contributed by atoms with van der Waals surface area (Å²) in [5, 5.41) is 2.83. The molecule has 1 aliphatic carbocycles. The summed E-state index contributed by atoms with van der Waals surface area (Å²) in [5.74, 6) is 0.462. The molecular weight excluding hydrogens is 296 g/mol. The first kappa shape index (κ1) is 13.6. The lowest BCUT2D eigenvalue weighted by atomic mass is 9.96. The largest absolute Gasteiger partial charge is 0.351 e. The molecule has 2 aliphatic rings. The molecule has 1 heterocycles. The third-order valence-electron chi connectivity index (χ3n) is 3.48. The SMILES string of the molecule is C=C(Br)CNC(=O)C1CCCN(C(=O)C2CC2)C1. The van der Waals surface area contributed by atoms with E-state index < -0.39 is 0 Å². The zero-order valence-corrected chi connectivity index (χ0v) is 12.0. The highest BCUT2D eigenvalue weighted by Crippen LogP contribution is 2.32. The molecule has 2 rings (SSSR count). The lowest BCUT2D eigenvalue weighted by Gasteiger charge is -2.32. The van der Waals surface area contributed by atoms with Crippen molar-refractivity contribution in [3.63, 3.8) is 0 Å². The van der Waals surface area contributed by atoms with E-state index >= 15 is 0 Å². The van der Waals surface area contributed by atoms with E-state index in [1.807, 2.05) is 4.90 Å². The lowest BCUT2D eigenvalue weighted by molar-refractivity contribution is -0.136. The molecule has 1 aliphatic heterocycles. The summed E-state index contributed by atoms with van der Waals surface area (Å²) in [6, 6.07) is 0. The number of amides is 2. The highest BCUT2D eigenvalue weighted by Gasteiger charge is 2.36. The fourth-order valence-corrected chi connectivity index (χ4v) is 2.45. The summed E-state index contributed by atoms with van der Waals surface area (Å²) in [4.78, 5) is 25.8. The van der Waals surface area contributed by atoms with E-state index in [0.29, 0.717) is 13.1 Å². The average Bonchev–Trinajstić information content (AvgIpc) is 3.19. The van der Waals surface area contributed by atoms with Crippen molar-refractivity contribution in [2.24, 2.45) is 11.8 Å². The van der Waals surface area contributed by atoms with E-state index in [-0.39, 0.29) is 23.7 Å². The molecule has 4 nitrogen and oxygen atoms in total. The maximum absolute atomic E-state index is 12.0. The number of hydrogen-bond acceptors (Lipinski definition) is 2. The first-order chi connectivity index (χ1) is 8.58. The van der Waals surface area contributed by atoms with Crippen molar-refractivity contribution in [1.82, 2.24) is 10.2 Å². The second-order valence-electron chi connectivity index (χ2n) is 5.13. The molecule has 1 saturated carbocycles. The molecule has 0 aromatic heterocycles. The molecule has 2 amide bonds. The van der Waals surface area contributed by atoms with Crippen LogP contribution in [0, 0.1) is 11.8 Å². The van der Waals surface area contributed by atoms with Gasteiger partial charge < -0.3 is 10.2 Å². The normalized spacial score (nSPS) is 23.6. The molecule has 0 aromatic rings. The van der Waals surface area contributed by atoms with Gasteiger partial charge in [-0.25, -0.2) is 0 Å². The maximum Gasteiger partial charge on any atom is 0.225 e. The van der Waals surface area contributed by atoms with Crippen LogP contribution in [0.25, 0.3) is 0 Å². The Kier molecular flexibility index (Phi) is 4.43. The van der Waals surface area contributed by atoms with Crippen molar-refractivity contribution in [2.45, 2.75) is 25.7 Å². The molecular formula is C13H19BrN2O2. The minimum atomic E-state index is -0.0618. The molecule has 1 unspecified atom stereocenters. The summed E-state index contributed by atoms with van der Waals surface area (Å²) in [6.07, 6.45) is 3.84. The number of rotatable bonds is 4. The monoisotopic (exact) mass is 314 g/mol. The summed E-state index contributed by atoms with van der Waals surface area (Å²) in [7, 11) is 0. The number of hydrogen-bond donors (Lipinski definition) is 1. The molecule has 100 valence electrons. The second kappa shape index (κ2) is 5.87. The van der Waals surface area contributed by atoms with E-state index in [9.17, 15) is 9.59 Å². The maximum atomic E-state index is 12.0. The number of nitrogens with zero attached hydrogens (tertiary/aromatic N) is 1. The first-order valence-corrected chi connectivity index (χ1v) is 7.27. The number of halogens is 1. The number of carbonyl (C=O) groups is 2. The van der Waals surface area contributed by atoms with Gasteiger partial charge in [-0.15, -0.1) is 0 Å². The Morgan fingerprint density at radius 2 is 2.00 bits per heavy atom. The Morgan fingerprint density at radius 1 is 1.28 bits per heavy atom. The molecule has 1 saturated heterocycles. The third kappa shape index (κ3) is 3.57.